The number of nitrogens with one attached hydrogen (secondary N) is 2. The molecule has 32 nitrogen and oxygen atoms in total. The van der Waals surface area contributed by atoms with Crippen LogP contribution in [-0.2, 0) is 66.6 Å². The van der Waals surface area contributed by atoms with E-state index >= 15 is 0 Å². The lowest BCUT2D eigenvalue weighted by Crippen LogP contribution is -2.71. The normalized spacial score (nSPS) is 43.0. The Morgan fingerprint density at radius 3 is 1.19 bits per heavy atom. The number of hydrogen-bond acceptors (Lipinski definition) is 27. The summed E-state index contributed by atoms with van der Waals surface area (Å²) < 4.78 is 61.2. The topological polar surface area (TPSA) is 494 Å². The number of ether oxygens (including phenoxy) is 11. The van der Waals surface area contributed by atoms with Crippen LogP contribution in [0.25, 0.3) is 0 Å². The van der Waals surface area contributed by atoms with E-state index in [1.165, 1.54) is 31.4 Å². The fourth-order valence-electron chi connectivity index (χ4n) is 8.63. The van der Waals surface area contributed by atoms with Crippen molar-refractivity contribution in [2.45, 2.75) is 167 Å². The molecule has 412 valence electrons. The van der Waals surface area contributed by atoms with E-state index in [4.69, 9.17) is 52.1 Å². The molecule has 0 aromatic heterocycles. The standard InChI is InChI=1S/C41H58N2O30/c1-10(46)42-16-27(67-40-24(54)20(50)21(51)31(71-40)34(57)58)18(48)14(8-44)65-37(16)70-30-23(53)26(56)41(73-33(30)36(61)62)68-28-17(43-11(2)47)38(66-15(9-45)19(28)49)69-29-22(52)25(55)39(72-32(29)35(59)60)64-13-6-4-12(63-3)5-7-13/h4-7,14-33,37-41,44-45,48-56H,8-9H2,1-3H3,(H,42,46)(H,43,47)(H,57,58)(H,59,60)(H,61,62)/t14-,15-,16-,17-,18-,19-,20+,21+,22-,23-,24-,25-,26-,27-,28-,29+,30+,31+,32+,33+,37+,38+,39-,40-,41-/m1/s1. The van der Waals surface area contributed by atoms with Crippen LogP contribution < -0.4 is 20.1 Å². The van der Waals surface area contributed by atoms with E-state index in [1.54, 1.807) is 0 Å². The predicted molar refractivity (Wildman–Crippen MR) is 223 cm³/mol. The Kier molecular flexibility index (Phi) is 19.2. The predicted octanol–water partition coefficient (Wildman–Crippen LogP) is -9.26. The Balaban J connectivity index is 1.24. The number of rotatable bonds is 18. The minimum absolute atomic E-state index is 0.0439. The van der Waals surface area contributed by atoms with Crippen molar-refractivity contribution in [2.24, 2.45) is 0 Å². The molecule has 6 rings (SSSR count). The molecule has 0 bridgehead atoms. The van der Waals surface area contributed by atoms with Crippen LogP contribution in [0.4, 0.5) is 0 Å². The lowest BCUT2D eigenvalue weighted by molar-refractivity contribution is -0.373. The second-order valence-electron chi connectivity index (χ2n) is 17.3. The Morgan fingerprint density at radius 1 is 0.452 bits per heavy atom. The molecule has 0 spiro atoms. The van der Waals surface area contributed by atoms with Gasteiger partial charge in [0.05, 0.1) is 20.3 Å². The van der Waals surface area contributed by atoms with E-state index in [0.717, 1.165) is 13.8 Å². The van der Waals surface area contributed by atoms with Crippen molar-refractivity contribution >= 4 is 29.7 Å². The third kappa shape index (κ3) is 12.6. The highest BCUT2D eigenvalue weighted by Gasteiger charge is 2.59. The monoisotopic (exact) mass is 1060 g/mol. The van der Waals surface area contributed by atoms with E-state index in [0.29, 0.717) is 5.75 Å². The van der Waals surface area contributed by atoms with Crippen LogP contribution in [0.1, 0.15) is 13.8 Å². The van der Waals surface area contributed by atoms with E-state index in [1.807, 2.05) is 0 Å². The van der Waals surface area contributed by atoms with Crippen LogP contribution >= 0.6 is 0 Å². The average Bonchev–Trinajstić information content (AvgIpc) is 3.33. The fraction of sp³-hybridized carbons (Fsp3) is 0.732. The molecule has 5 fully saturated rings. The first-order valence-electron chi connectivity index (χ1n) is 22.2. The summed E-state index contributed by atoms with van der Waals surface area (Å²) in [5.74, 6) is -6.97. The number of carbonyl (C=O) groups excluding carboxylic acids is 2. The zero-order chi connectivity index (χ0) is 53.9. The van der Waals surface area contributed by atoms with E-state index < -0.39 is 196 Å². The zero-order valence-corrected chi connectivity index (χ0v) is 38.5. The molecule has 5 aliphatic rings. The first-order chi connectivity index (χ1) is 34.4. The molecule has 5 aliphatic heterocycles. The quantitative estimate of drug-likeness (QED) is 0.0649. The largest absolute Gasteiger partial charge is 0.497 e. The Bertz CT molecular complexity index is 2060. The number of carbonyl (C=O) groups is 5. The molecular weight excluding hydrogens is 1000 g/mol. The molecule has 2 amide bonds. The van der Waals surface area contributed by atoms with Crippen LogP contribution in [0.2, 0.25) is 0 Å². The molecule has 0 aliphatic carbocycles. The van der Waals surface area contributed by atoms with Crippen LogP contribution in [0.5, 0.6) is 11.5 Å². The molecule has 1 aromatic rings. The Morgan fingerprint density at radius 2 is 0.808 bits per heavy atom. The number of aliphatic hydroxyl groups is 11. The van der Waals surface area contributed by atoms with Gasteiger partial charge in [-0.25, -0.2) is 14.4 Å². The van der Waals surface area contributed by atoms with Gasteiger partial charge in [0.1, 0.15) is 115 Å². The summed E-state index contributed by atoms with van der Waals surface area (Å²) in [5.41, 5.74) is 0. The van der Waals surface area contributed by atoms with Gasteiger partial charge in [0.2, 0.25) is 18.1 Å². The fourth-order valence-corrected chi connectivity index (χ4v) is 8.63. The van der Waals surface area contributed by atoms with E-state index in [-0.39, 0.29) is 5.75 Å². The van der Waals surface area contributed by atoms with Crippen molar-refractivity contribution in [2.75, 3.05) is 20.3 Å². The van der Waals surface area contributed by atoms with Gasteiger partial charge < -0.3 is 134 Å². The maximum Gasteiger partial charge on any atom is 0.335 e. The molecule has 0 saturated carbocycles. The first-order valence-corrected chi connectivity index (χ1v) is 22.2. The van der Waals surface area contributed by atoms with Crippen LogP contribution in [0, 0.1) is 0 Å². The van der Waals surface area contributed by atoms with Gasteiger partial charge in [-0.2, -0.15) is 0 Å². The number of aliphatic carboxylic acids is 3. The Hall–Kier alpha value is -4.63. The second kappa shape index (κ2) is 24.4. The van der Waals surface area contributed by atoms with Gasteiger partial charge in [0.15, 0.2) is 43.5 Å². The van der Waals surface area contributed by atoms with E-state index in [2.05, 4.69) is 10.6 Å². The third-order valence-electron chi connectivity index (χ3n) is 12.3. The summed E-state index contributed by atoms with van der Waals surface area (Å²) in [6.45, 7) is -0.287. The van der Waals surface area contributed by atoms with Crippen molar-refractivity contribution in [1.82, 2.24) is 10.6 Å². The number of benzene rings is 1. The highest BCUT2D eigenvalue weighted by atomic mass is 16.8. The van der Waals surface area contributed by atoms with Gasteiger partial charge in [-0.3, -0.25) is 9.59 Å². The maximum absolute atomic E-state index is 12.9. The number of methoxy groups -OCH3 is 1. The molecule has 1 aromatic carbocycles. The summed E-state index contributed by atoms with van der Waals surface area (Å²) in [5, 5.41) is 154. The van der Waals surface area contributed by atoms with Gasteiger partial charge in [-0.05, 0) is 24.3 Å². The second-order valence-corrected chi connectivity index (χ2v) is 17.3. The van der Waals surface area contributed by atoms with Crippen molar-refractivity contribution in [3.63, 3.8) is 0 Å². The summed E-state index contributed by atoms with van der Waals surface area (Å²) >= 11 is 0. The maximum atomic E-state index is 12.9. The molecule has 25 atom stereocenters. The minimum Gasteiger partial charge on any atom is -0.497 e. The van der Waals surface area contributed by atoms with Crippen LogP contribution in [0.3, 0.4) is 0 Å². The number of aliphatic hydroxyl groups excluding tert-OH is 11. The lowest BCUT2D eigenvalue weighted by atomic mass is 9.93. The molecule has 5 saturated heterocycles. The van der Waals surface area contributed by atoms with E-state index in [9.17, 15) is 95.5 Å². The highest BCUT2D eigenvalue weighted by Crippen LogP contribution is 2.37. The van der Waals surface area contributed by atoms with Gasteiger partial charge in [-0.1, -0.05) is 0 Å². The SMILES string of the molecule is COc1ccc(O[C@@H]2O[C@H](C(=O)O)[C@@H](O[C@@H]3O[C@H](CO)[C@@H](O)[C@H](O[C@@H]4O[C@H](C(=O)O)[C@@H](O[C@@H]5O[C@H](CO)[C@@H](O)[C@H](O[C@@H]6O[C@H](C(=O)O)[C@@H](O)[C@H](O)[C@H]6O)[C@H]5NC(C)=O)[C@H](O)[C@H]4O)[C@H]3NC(C)=O)[C@H](O)[C@H]2O)cc1. The zero-order valence-electron chi connectivity index (χ0n) is 38.5. The summed E-state index contributed by atoms with van der Waals surface area (Å²) in [6, 6.07) is 1.93. The van der Waals surface area contributed by atoms with Crippen molar-refractivity contribution in [3.05, 3.63) is 24.3 Å². The summed E-state index contributed by atoms with van der Waals surface area (Å²) in [4.78, 5) is 62.4. The molecular formula is C41H58N2O30. The number of hydrogen-bond donors (Lipinski definition) is 16. The molecule has 0 radical (unpaired) electrons. The van der Waals surface area contributed by atoms with Gasteiger partial charge in [0, 0.05) is 13.8 Å². The molecule has 0 unspecified atom stereocenters. The molecule has 5 heterocycles. The van der Waals surface area contributed by atoms with Gasteiger partial charge >= 0.3 is 17.9 Å². The lowest BCUT2D eigenvalue weighted by Gasteiger charge is -2.50. The molecule has 73 heavy (non-hydrogen) atoms. The first kappa shape index (κ1) is 57.6. The molecule has 32 heteroatoms. The smallest absolute Gasteiger partial charge is 0.335 e. The minimum atomic E-state index is -2.46. The molecule has 16 N–H and O–H groups in total. The summed E-state index contributed by atoms with van der Waals surface area (Å²) in [7, 11) is 1.40. The Labute approximate surface area is 410 Å². The number of amides is 2. The van der Waals surface area contributed by atoms with Gasteiger partial charge in [0.25, 0.3) is 0 Å². The number of carboxylic acid groups (broad SMARTS) is 3. The van der Waals surface area contributed by atoms with Crippen LogP contribution in [-0.4, -0.2) is 275 Å². The van der Waals surface area contributed by atoms with Crippen molar-refractivity contribution < 1.29 is 148 Å². The number of carboxylic acids is 3. The van der Waals surface area contributed by atoms with Crippen molar-refractivity contribution in [1.29, 1.82) is 0 Å². The average molecular weight is 1060 g/mol. The van der Waals surface area contributed by atoms with Gasteiger partial charge in [-0.15, -0.1) is 0 Å². The third-order valence-corrected chi connectivity index (χ3v) is 12.3. The highest BCUT2D eigenvalue weighted by molar-refractivity contribution is 5.75. The van der Waals surface area contributed by atoms with Crippen molar-refractivity contribution in [3.8, 4) is 11.5 Å². The summed E-state index contributed by atoms with van der Waals surface area (Å²) in [6.07, 6.45) is -49.4. The van der Waals surface area contributed by atoms with Crippen LogP contribution in [0.15, 0.2) is 24.3 Å².